The van der Waals surface area contributed by atoms with Gasteiger partial charge in [0.25, 0.3) is 0 Å². The zero-order valence-electron chi connectivity index (χ0n) is 12.6. The standard InChI is InChI=1S/C13H18FNO3/c1-13(15-2,12(16)17-3)8-10-4-6-11(7-5-10)18-9-14/h4-7,15H,8-9H2,1-3H3/i9D2. The van der Waals surface area contributed by atoms with Crippen molar-refractivity contribution in [2.45, 2.75) is 18.9 Å². The second-order valence-corrected chi connectivity index (χ2v) is 4.07. The smallest absolute Gasteiger partial charge is 0.326 e. The van der Waals surface area contributed by atoms with Crippen molar-refractivity contribution in [3.05, 3.63) is 29.8 Å². The van der Waals surface area contributed by atoms with E-state index in [0.29, 0.717) is 6.42 Å². The predicted molar refractivity (Wildman–Crippen MR) is 66.2 cm³/mol. The molecule has 18 heavy (non-hydrogen) atoms. The number of esters is 1. The van der Waals surface area contributed by atoms with Gasteiger partial charge in [0.2, 0.25) is 6.81 Å². The number of benzene rings is 1. The Morgan fingerprint density at radius 2 is 2.11 bits per heavy atom. The van der Waals surface area contributed by atoms with Gasteiger partial charge in [-0.1, -0.05) is 12.1 Å². The van der Waals surface area contributed by atoms with Gasteiger partial charge in [0.05, 0.1) is 7.11 Å². The Kier molecular flexibility index (Phi) is 4.05. The summed E-state index contributed by atoms with van der Waals surface area (Å²) in [4.78, 5) is 11.7. The molecule has 100 valence electrons. The van der Waals surface area contributed by atoms with Crippen LogP contribution < -0.4 is 10.1 Å². The van der Waals surface area contributed by atoms with Gasteiger partial charge in [-0.2, -0.15) is 0 Å². The van der Waals surface area contributed by atoms with Gasteiger partial charge in [-0.15, -0.1) is 0 Å². The average Bonchev–Trinajstić information content (AvgIpc) is 2.38. The van der Waals surface area contributed by atoms with Gasteiger partial charge in [-0.25, -0.2) is 4.39 Å². The van der Waals surface area contributed by atoms with E-state index in [9.17, 15) is 9.18 Å². The van der Waals surface area contributed by atoms with Crippen LogP contribution in [0.2, 0.25) is 0 Å². The van der Waals surface area contributed by atoms with Gasteiger partial charge in [0, 0.05) is 6.42 Å². The van der Waals surface area contributed by atoms with Crippen molar-refractivity contribution >= 4 is 5.97 Å². The van der Waals surface area contributed by atoms with E-state index < -0.39 is 12.4 Å². The Morgan fingerprint density at radius 1 is 1.50 bits per heavy atom. The summed E-state index contributed by atoms with van der Waals surface area (Å²) in [5.74, 6) is -0.314. The number of methoxy groups -OCH3 is 1. The molecule has 0 aliphatic carbocycles. The minimum Gasteiger partial charge on any atom is -0.468 e. The summed E-state index contributed by atoms with van der Waals surface area (Å²) in [5, 5.41) is 2.90. The van der Waals surface area contributed by atoms with E-state index in [0.717, 1.165) is 5.56 Å². The summed E-state index contributed by atoms with van der Waals surface area (Å²) in [6.07, 6.45) is 0.374. The van der Waals surface area contributed by atoms with Crippen LogP contribution in [0.1, 0.15) is 15.2 Å². The normalized spacial score (nSPS) is 16.2. The van der Waals surface area contributed by atoms with Crippen LogP contribution in [-0.4, -0.2) is 32.5 Å². The summed E-state index contributed by atoms with van der Waals surface area (Å²) in [6.45, 7) is -1.50. The molecule has 0 bridgehead atoms. The van der Waals surface area contributed by atoms with E-state index in [4.69, 9.17) is 7.48 Å². The molecule has 4 nitrogen and oxygen atoms in total. The van der Waals surface area contributed by atoms with Gasteiger partial charge in [-0.3, -0.25) is 4.79 Å². The molecule has 0 radical (unpaired) electrons. The molecule has 0 fully saturated rings. The van der Waals surface area contributed by atoms with E-state index in [1.54, 1.807) is 26.1 Å². The maximum atomic E-state index is 12.7. The van der Waals surface area contributed by atoms with E-state index in [1.165, 1.54) is 19.2 Å². The molecule has 1 atom stereocenters. The molecule has 1 aromatic rings. The molecular formula is C13H18FNO3. The monoisotopic (exact) mass is 257 g/mol. The first-order valence-corrected chi connectivity index (χ1v) is 5.44. The topological polar surface area (TPSA) is 47.6 Å². The van der Waals surface area contributed by atoms with Crippen LogP contribution in [0.3, 0.4) is 0 Å². The molecule has 0 spiro atoms. The maximum absolute atomic E-state index is 12.7. The molecule has 0 aliphatic heterocycles. The number of carbonyl (C=O) groups is 1. The second kappa shape index (κ2) is 6.35. The number of carbonyl (C=O) groups excluding carboxylic acids is 1. The molecule has 0 aliphatic rings. The predicted octanol–water partition coefficient (Wildman–Crippen LogP) is 1.69. The average molecular weight is 257 g/mol. The Morgan fingerprint density at radius 3 is 2.56 bits per heavy atom. The Hall–Kier alpha value is -1.62. The zero-order valence-corrected chi connectivity index (χ0v) is 10.6. The zero-order chi connectivity index (χ0) is 15.4. The highest BCUT2D eigenvalue weighted by Gasteiger charge is 2.32. The number of likely N-dealkylation sites (N-methyl/N-ethyl adjacent to an activating group) is 1. The summed E-state index contributed by atoms with van der Waals surface area (Å²) in [5.41, 5.74) is -0.0646. The molecule has 0 saturated heterocycles. The fraction of sp³-hybridized carbons (Fsp3) is 0.462. The third-order valence-electron chi connectivity index (χ3n) is 2.83. The summed E-state index contributed by atoms with van der Waals surface area (Å²) in [6, 6.07) is 6.17. The SMILES string of the molecule is [2H]C([2H])(F)Oc1ccc(CC(C)(NC)C(=O)OC)cc1. The Labute approximate surface area is 109 Å². The first-order valence-electron chi connectivity index (χ1n) is 6.44. The van der Waals surface area contributed by atoms with Gasteiger partial charge in [-0.05, 0) is 31.7 Å². The molecule has 1 unspecified atom stereocenters. The lowest BCUT2D eigenvalue weighted by Crippen LogP contribution is -2.50. The minimum absolute atomic E-state index is 0.0745. The van der Waals surface area contributed by atoms with Crippen LogP contribution in [0.5, 0.6) is 5.75 Å². The molecule has 0 saturated carbocycles. The number of hydrogen-bond acceptors (Lipinski definition) is 4. The van der Waals surface area contributed by atoms with Crippen LogP contribution in [0.25, 0.3) is 0 Å². The summed E-state index contributed by atoms with van der Waals surface area (Å²) in [7, 11) is 2.98. The van der Waals surface area contributed by atoms with Crippen LogP contribution in [0.4, 0.5) is 4.39 Å². The van der Waals surface area contributed by atoms with Gasteiger partial charge in [0.1, 0.15) is 14.0 Å². The van der Waals surface area contributed by atoms with E-state index in [1.807, 2.05) is 0 Å². The van der Waals surface area contributed by atoms with Gasteiger partial charge in [0.15, 0.2) is 0 Å². The summed E-state index contributed by atoms with van der Waals surface area (Å²) >= 11 is 0. The van der Waals surface area contributed by atoms with Crippen molar-refractivity contribution in [2.24, 2.45) is 0 Å². The van der Waals surface area contributed by atoms with Crippen molar-refractivity contribution in [3.8, 4) is 5.75 Å². The van der Waals surface area contributed by atoms with Crippen LogP contribution in [-0.2, 0) is 16.0 Å². The largest absolute Gasteiger partial charge is 0.468 e. The number of halogens is 1. The number of alkyl halides is 1. The molecule has 1 aromatic carbocycles. The molecule has 5 heteroatoms. The van der Waals surface area contributed by atoms with Crippen molar-refractivity contribution in [1.82, 2.24) is 5.32 Å². The van der Waals surface area contributed by atoms with E-state index >= 15 is 0 Å². The molecule has 0 amide bonds. The van der Waals surface area contributed by atoms with E-state index in [-0.39, 0.29) is 11.7 Å². The Balaban J connectivity index is 2.81. The number of ether oxygens (including phenoxy) is 2. The molecular weight excluding hydrogens is 237 g/mol. The van der Waals surface area contributed by atoms with Crippen molar-refractivity contribution < 1.29 is 21.4 Å². The van der Waals surface area contributed by atoms with Crippen molar-refractivity contribution in [2.75, 3.05) is 21.0 Å². The van der Waals surface area contributed by atoms with Crippen molar-refractivity contribution in [3.63, 3.8) is 0 Å². The third kappa shape index (κ3) is 3.43. The first kappa shape index (κ1) is 11.5. The Bertz CT molecular complexity index is 462. The van der Waals surface area contributed by atoms with Crippen LogP contribution >= 0.6 is 0 Å². The summed E-state index contributed by atoms with van der Waals surface area (Å²) < 4.78 is 35.2. The number of hydrogen-bond donors (Lipinski definition) is 1. The fourth-order valence-corrected chi connectivity index (χ4v) is 1.62. The highest BCUT2D eigenvalue weighted by molar-refractivity contribution is 5.80. The highest BCUT2D eigenvalue weighted by atomic mass is 19.1. The highest BCUT2D eigenvalue weighted by Crippen LogP contribution is 2.18. The van der Waals surface area contributed by atoms with Crippen LogP contribution in [0.15, 0.2) is 24.3 Å². The molecule has 0 aromatic heterocycles. The lowest BCUT2D eigenvalue weighted by molar-refractivity contribution is -0.147. The maximum Gasteiger partial charge on any atom is 0.326 e. The van der Waals surface area contributed by atoms with Crippen molar-refractivity contribution in [1.29, 1.82) is 0 Å². The lowest BCUT2D eigenvalue weighted by atomic mass is 9.93. The molecule has 1 rings (SSSR count). The quantitative estimate of drug-likeness (QED) is 0.788. The lowest BCUT2D eigenvalue weighted by Gasteiger charge is -2.26. The fourth-order valence-electron chi connectivity index (χ4n) is 1.62. The second-order valence-electron chi connectivity index (χ2n) is 4.07. The number of nitrogens with one attached hydrogen (secondary N) is 1. The molecule has 1 N–H and O–H groups in total. The van der Waals surface area contributed by atoms with Crippen LogP contribution in [0, 0.1) is 0 Å². The van der Waals surface area contributed by atoms with Gasteiger partial charge < -0.3 is 14.8 Å². The van der Waals surface area contributed by atoms with E-state index in [2.05, 4.69) is 10.1 Å². The van der Waals surface area contributed by atoms with Gasteiger partial charge >= 0.3 is 5.97 Å². The minimum atomic E-state index is -3.22. The third-order valence-corrected chi connectivity index (χ3v) is 2.83. The molecule has 0 heterocycles. The first-order chi connectivity index (χ1) is 9.20. The number of rotatable bonds is 6.